The third kappa shape index (κ3) is 2.39. The minimum atomic E-state index is 0.0765. The predicted octanol–water partition coefficient (Wildman–Crippen LogP) is 2.11. The number of rotatable bonds is 1. The fourth-order valence-corrected chi connectivity index (χ4v) is 2.70. The minimum Gasteiger partial charge on any atom is -0.338 e. The normalized spacial score (nSPS) is 16.6. The van der Waals surface area contributed by atoms with E-state index in [9.17, 15) is 4.79 Å². The number of aryl methyl sites for hydroxylation is 1. The average molecular weight is 269 g/mol. The van der Waals surface area contributed by atoms with Gasteiger partial charge in [0.2, 0.25) is 0 Å². The largest absolute Gasteiger partial charge is 0.338 e. The van der Waals surface area contributed by atoms with E-state index in [1.807, 2.05) is 42.2 Å². The molecule has 0 bridgehead atoms. The van der Waals surface area contributed by atoms with Gasteiger partial charge in [-0.1, -0.05) is 18.2 Å². The lowest BCUT2D eigenvalue weighted by molar-refractivity contribution is 0.0713. The van der Waals surface area contributed by atoms with Crippen LogP contribution in [0.5, 0.6) is 0 Å². The summed E-state index contributed by atoms with van der Waals surface area (Å²) in [5, 5.41) is 1.01. The van der Waals surface area contributed by atoms with Crippen LogP contribution in [0.25, 0.3) is 10.9 Å². The number of aromatic nitrogens is 1. The van der Waals surface area contributed by atoms with Crippen LogP contribution in [0.4, 0.5) is 0 Å². The minimum absolute atomic E-state index is 0.0765. The first-order valence-electron chi connectivity index (χ1n) is 7.06. The highest BCUT2D eigenvalue weighted by atomic mass is 16.2. The molecular formula is C16H19N3O. The molecular weight excluding hydrogens is 250 g/mol. The van der Waals surface area contributed by atoms with Crippen LogP contribution in [0, 0.1) is 6.92 Å². The number of hydrogen-bond acceptors (Lipinski definition) is 3. The number of fused-ring (bicyclic) bond motifs is 1. The van der Waals surface area contributed by atoms with Gasteiger partial charge in [-0.15, -0.1) is 0 Å². The van der Waals surface area contributed by atoms with Crippen LogP contribution in [-0.4, -0.2) is 34.9 Å². The number of hydrogen-bond donors (Lipinski definition) is 1. The maximum Gasteiger partial charge on any atom is 0.255 e. The molecule has 0 radical (unpaired) electrons. The molecule has 0 aliphatic carbocycles. The number of nitrogens with zero attached hydrogens (tertiary/aromatic N) is 2. The van der Waals surface area contributed by atoms with Crippen molar-refractivity contribution in [1.29, 1.82) is 0 Å². The summed E-state index contributed by atoms with van der Waals surface area (Å²) in [4.78, 5) is 19.0. The van der Waals surface area contributed by atoms with Crippen molar-refractivity contribution in [2.24, 2.45) is 5.73 Å². The number of pyridine rings is 1. The Balaban J connectivity index is 1.93. The molecule has 1 aromatic heterocycles. The first-order valence-corrected chi connectivity index (χ1v) is 7.06. The Kier molecular flexibility index (Phi) is 3.40. The number of amides is 1. The molecule has 1 amide bonds. The van der Waals surface area contributed by atoms with Gasteiger partial charge in [-0.05, 0) is 31.9 Å². The van der Waals surface area contributed by atoms with E-state index in [-0.39, 0.29) is 11.9 Å². The number of carbonyl (C=O) groups excluding carboxylic acids is 1. The summed E-state index contributed by atoms with van der Waals surface area (Å²) in [6.07, 6.45) is 1.76. The summed E-state index contributed by atoms with van der Waals surface area (Å²) in [5.41, 5.74) is 8.32. The van der Waals surface area contributed by atoms with E-state index in [2.05, 4.69) is 4.98 Å². The number of piperidine rings is 1. The summed E-state index contributed by atoms with van der Waals surface area (Å²) >= 11 is 0. The number of para-hydroxylation sites is 1. The molecule has 1 aromatic carbocycles. The van der Waals surface area contributed by atoms with E-state index in [4.69, 9.17) is 5.73 Å². The summed E-state index contributed by atoms with van der Waals surface area (Å²) in [6, 6.07) is 10.1. The molecule has 0 saturated carbocycles. The SMILES string of the molecule is Cc1nc2ccccc2cc1C(=O)N1CCC(N)CC1. The summed E-state index contributed by atoms with van der Waals surface area (Å²) in [5.74, 6) is 0.0765. The number of benzene rings is 1. The van der Waals surface area contributed by atoms with Gasteiger partial charge in [-0.3, -0.25) is 9.78 Å². The lowest BCUT2D eigenvalue weighted by Gasteiger charge is -2.30. The maximum absolute atomic E-state index is 12.6. The molecule has 1 aliphatic heterocycles. The van der Waals surface area contributed by atoms with Crippen molar-refractivity contribution in [1.82, 2.24) is 9.88 Å². The van der Waals surface area contributed by atoms with E-state index in [1.54, 1.807) is 0 Å². The van der Waals surface area contributed by atoms with Crippen molar-refractivity contribution in [2.45, 2.75) is 25.8 Å². The van der Waals surface area contributed by atoms with Crippen molar-refractivity contribution in [2.75, 3.05) is 13.1 Å². The fraction of sp³-hybridized carbons (Fsp3) is 0.375. The molecule has 1 saturated heterocycles. The highest BCUT2D eigenvalue weighted by Gasteiger charge is 2.23. The molecule has 1 aliphatic rings. The zero-order chi connectivity index (χ0) is 14.1. The van der Waals surface area contributed by atoms with Gasteiger partial charge in [-0.2, -0.15) is 0 Å². The Morgan fingerprint density at radius 2 is 2.00 bits per heavy atom. The van der Waals surface area contributed by atoms with Gasteiger partial charge in [0.25, 0.3) is 5.91 Å². The molecule has 4 nitrogen and oxygen atoms in total. The van der Waals surface area contributed by atoms with E-state index in [0.29, 0.717) is 5.56 Å². The molecule has 0 unspecified atom stereocenters. The number of carbonyl (C=O) groups is 1. The van der Waals surface area contributed by atoms with Crippen LogP contribution in [0.3, 0.4) is 0 Å². The first kappa shape index (κ1) is 13.1. The van der Waals surface area contributed by atoms with Gasteiger partial charge in [-0.25, -0.2) is 0 Å². The van der Waals surface area contributed by atoms with Crippen molar-refractivity contribution in [3.05, 3.63) is 41.6 Å². The van der Waals surface area contributed by atoms with Crippen LogP contribution < -0.4 is 5.73 Å². The standard InChI is InChI=1S/C16H19N3O/c1-11-14(10-12-4-2-3-5-15(12)18-11)16(20)19-8-6-13(17)7-9-19/h2-5,10,13H,6-9,17H2,1H3. The van der Waals surface area contributed by atoms with Crippen LogP contribution >= 0.6 is 0 Å². The monoisotopic (exact) mass is 269 g/mol. The molecule has 0 atom stereocenters. The molecule has 2 aromatic rings. The Bertz CT molecular complexity index is 645. The third-order valence-corrected chi connectivity index (χ3v) is 3.97. The third-order valence-electron chi connectivity index (χ3n) is 3.97. The average Bonchev–Trinajstić information content (AvgIpc) is 2.46. The van der Waals surface area contributed by atoms with E-state index < -0.39 is 0 Å². The van der Waals surface area contributed by atoms with Crippen LogP contribution in [0.2, 0.25) is 0 Å². The second-order valence-corrected chi connectivity index (χ2v) is 5.44. The van der Waals surface area contributed by atoms with Gasteiger partial charge in [0.05, 0.1) is 16.8 Å². The Labute approximate surface area is 118 Å². The number of likely N-dealkylation sites (tertiary alicyclic amines) is 1. The van der Waals surface area contributed by atoms with E-state index in [0.717, 1.165) is 42.5 Å². The Morgan fingerprint density at radius 3 is 2.75 bits per heavy atom. The quantitative estimate of drug-likeness (QED) is 0.862. The summed E-state index contributed by atoms with van der Waals surface area (Å²) in [7, 11) is 0. The topological polar surface area (TPSA) is 59.2 Å². The van der Waals surface area contributed by atoms with Gasteiger partial charge in [0.1, 0.15) is 0 Å². The smallest absolute Gasteiger partial charge is 0.255 e. The second-order valence-electron chi connectivity index (χ2n) is 5.44. The zero-order valence-corrected chi connectivity index (χ0v) is 11.7. The molecule has 4 heteroatoms. The zero-order valence-electron chi connectivity index (χ0n) is 11.7. The Hall–Kier alpha value is -1.94. The lowest BCUT2D eigenvalue weighted by atomic mass is 10.0. The summed E-state index contributed by atoms with van der Waals surface area (Å²) < 4.78 is 0. The Morgan fingerprint density at radius 1 is 1.30 bits per heavy atom. The lowest BCUT2D eigenvalue weighted by Crippen LogP contribution is -2.43. The van der Waals surface area contributed by atoms with Gasteiger partial charge in [0.15, 0.2) is 0 Å². The van der Waals surface area contributed by atoms with Crippen molar-refractivity contribution < 1.29 is 4.79 Å². The fourth-order valence-electron chi connectivity index (χ4n) is 2.70. The van der Waals surface area contributed by atoms with Crippen molar-refractivity contribution >= 4 is 16.8 Å². The molecule has 2 heterocycles. The molecule has 2 N–H and O–H groups in total. The van der Waals surface area contributed by atoms with Crippen LogP contribution in [0.1, 0.15) is 28.9 Å². The second kappa shape index (κ2) is 5.21. The molecule has 1 fully saturated rings. The predicted molar refractivity (Wildman–Crippen MR) is 79.6 cm³/mol. The number of nitrogens with two attached hydrogens (primary N) is 1. The van der Waals surface area contributed by atoms with Gasteiger partial charge in [0, 0.05) is 24.5 Å². The van der Waals surface area contributed by atoms with Crippen LogP contribution in [-0.2, 0) is 0 Å². The summed E-state index contributed by atoms with van der Waals surface area (Å²) in [6.45, 7) is 3.38. The van der Waals surface area contributed by atoms with E-state index in [1.165, 1.54) is 0 Å². The first-order chi connectivity index (χ1) is 9.65. The molecule has 20 heavy (non-hydrogen) atoms. The van der Waals surface area contributed by atoms with Crippen LogP contribution in [0.15, 0.2) is 30.3 Å². The van der Waals surface area contributed by atoms with E-state index >= 15 is 0 Å². The van der Waals surface area contributed by atoms with Crippen molar-refractivity contribution in [3.63, 3.8) is 0 Å². The van der Waals surface area contributed by atoms with Gasteiger partial charge >= 0.3 is 0 Å². The van der Waals surface area contributed by atoms with Gasteiger partial charge < -0.3 is 10.6 Å². The van der Waals surface area contributed by atoms with Crippen molar-refractivity contribution in [3.8, 4) is 0 Å². The maximum atomic E-state index is 12.6. The molecule has 104 valence electrons. The highest BCUT2D eigenvalue weighted by Crippen LogP contribution is 2.19. The molecule has 3 rings (SSSR count). The highest BCUT2D eigenvalue weighted by molar-refractivity contribution is 5.98. The molecule has 0 spiro atoms.